The topological polar surface area (TPSA) is 32.3 Å². The molecule has 0 amide bonds. The highest BCUT2D eigenvalue weighted by atomic mass is 79.9. The second-order valence-corrected chi connectivity index (χ2v) is 6.16. The Hall–Kier alpha value is -0.680. The van der Waals surface area contributed by atoms with Crippen LogP contribution in [0.2, 0.25) is 0 Å². The van der Waals surface area contributed by atoms with Crippen molar-refractivity contribution in [2.24, 2.45) is 0 Å². The zero-order valence-corrected chi connectivity index (χ0v) is 13.5. The minimum atomic E-state index is -0.493. The van der Waals surface area contributed by atoms with Gasteiger partial charge in [0.15, 0.2) is 0 Å². The van der Waals surface area contributed by atoms with Gasteiger partial charge in [-0.05, 0) is 35.4 Å². The highest BCUT2D eigenvalue weighted by Crippen LogP contribution is 2.17. The molecule has 100 valence electrons. The maximum absolute atomic E-state index is 10.1. The van der Waals surface area contributed by atoms with E-state index in [0.717, 1.165) is 21.1 Å². The Balaban J connectivity index is 1.84. The van der Waals surface area contributed by atoms with Gasteiger partial charge in [-0.15, -0.1) is 0 Å². The Morgan fingerprint density at radius 1 is 1.00 bits per heavy atom. The van der Waals surface area contributed by atoms with E-state index in [2.05, 4.69) is 49.3 Å². The zero-order valence-electron chi connectivity index (χ0n) is 10.3. The van der Waals surface area contributed by atoms with E-state index in [9.17, 15) is 5.11 Å². The first kappa shape index (κ1) is 14.7. The van der Waals surface area contributed by atoms with Crippen LogP contribution >= 0.6 is 31.9 Å². The number of aliphatic hydroxyl groups excluding tert-OH is 1. The Morgan fingerprint density at radius 3 is 2.42 bits per heavy atom. The van der Waals surface area contributed by atoms with Crippen molar-refractivity contribution in [3.63, 3.8) is 0 Å². The van der Waals surface area contributed by atoms with E-state index in [1.165, 1.54) is 5.56 Å². The van der Waals surface area contributed by atoms with Gasteiger partial charge < -0.3 is 10.4 Å². The number of hydrogen-bond acceptors (Lipinski definition) is 2. The lowest BCUT2D eigenvalue weighted by molar-refractivity contribution is 0.174. The standard InChI is InChI=1S/C15H15Br2NO/c16-13-6-4-11(5-7-13)9-18-10-15(19)12-2-1-3-14(17)8-12/h1-8,15,18-19H,9-10H2. The van der Waals surface area contributed by atoms with Gasteiger partial charge in [-0.2, -0.15) is 0 Å². The molecule has 0 radical (unpaired) electrons. The van der Waals surface area contributed by atoms with Crippen LogP contribution in [0, 0.1) is 0 Å². The van der Waals surface area contributed by atoms with Gasteiger partial charge in [-0.1, -0.05) is 56.1 Å². The lowest BCUT2D eigenvalue weighted by atomic mass is 10.1. The first-order chi connectivity index (χ1) is 9.15. The Bertz CT molecular complexity index is 528. The molecule has 1 atom stereocenters. The van der Waals surface area contributed by atoms with E-state index in [0.29, 0.717) is 6.54 Å². The molecule has 0 fully saturated rings. The van der Waals surface area contributed by atoms with Gasteiger partial charge in [0.25, 0.3) is 0 Å². The van der Waals surface area contributed by atoms with E-state index in [4.69, 9.17) is 0 Å². The van der Waals surface area contributed by atoms with Gasteiger partial charge in [0.1, 0.15) is 0 Å². The molecule has 4 heteroatoms. The first-order valence-electron chi connectivity index (χ1n) is 6.04. The third-order valence-electron chi connectivity index (χ3n) is 2.81. The normalized spacial score (nSPS) is 12.4. The van der Waals surface area contributed by atoms with Crippen LogP contribution in [0.3, 0.4) is 0 Å². The van der Waals surface area contributed by atoms with Gasteiger partial charge in [0.05, 0.1) is 6.10 Å². The van der Waals surface area contributed by atoms with Crippen LogP contribution in [0.15, 0.2) is 57.5 Å². The molecule has 0 aliphatic heterocycles. The lowest BCUT2D eigenvalue weighted by Gasteiger charge is -2.12. The fourth-order valence-corrected chi connectivity index (χ4v) is 2.47. The fourth-order valence-electron chi connectivity index (χ4n) is 1.79. The predicted molar refractivity (Wildman–Crippen MR) is 85.0 cm³/mol. The number of aliphatic hydroxyl groups is 1. The van der Waals surface area contributed by atoms with Crippen LogP contribution in [0.4, 0.5) is 0 Å². The number of hydrogen-bond donors (Lipinski definition) is 2. The van der Waals surface area contributed by atoms with Crippen LogP contribution in [0.5, 0.6) is 0 Å². The summed E-state index contributed by atoms with van der Waals surface area (Å²) < 4.78 is 2.06. The number of rotatable bonds is 5. The molecule has 0 heterocycles. The van der Waals surface area contributed by atoms with Crippen molar-refractivity contribution in [3.05, 3.63) is 68.6 Å². The summed E-state index contributed by atoms with van der Waals surface area (Å²) in [5, 5.41) is 13.3. The molecular weight excluding hydrogens is 370 g/mol. The summed E-state index contributed by atoms with van der Waals surface area (Å²) in [6.07, 6.45) is -0.493. The van der Waals surface area contributed by atoms with Crippen LogP contribution in [-0.2, 0) is 6.54 Å². The van der Waals surface area contributed by atoms with Gasteiger partial charge in [-0.25, -0.2) is 0 Å². The van der Waals surface area contributed by atoms with Crippen LogP contribution in [0.25, 0.3) is 0 Å². The van der Waals surface area contributed by atoms with E-state index < -0.39 is 6.10 Å². The highest BCUT2D eigenvalue weighted by Gasteiger charge is 2.07. The highest BCUT2D eigenvalue weighted by molar-refractivity contribution is 9.10. The van der Waals surface area contributed by atoms with E-state index in [1.54, 1.807) is 0 Å². The SMILES string of the molecule is OC(CNCc1ccc(Br)cc1)c1cccc(Br)c1. The minimum absolute atomic E-state index is 0.493. The smallest absolute Gasteiger partial charge is 0.0914 e. The molecule has 0 saturated heterocycles. The average molecular weight is 385 g/mol. The van der Waals surface area contributed by atoms with Gasteiger partial charge in [-0.3, -0.25) is 0 Å². The van der Waals surface area contributed by atoms with Crippen molar-refractivity contribution >= 4 is 31.9 Å². The number of halogens is 2. The van der Waals surface area contributed by atoms with Gasteiger partial charge in [0.2, 0.25) is 0 Å². The Morgan fingerprint density at radius 2 is 1.74 bits per heavy atom. The summed E-state index contributed by atoms with van der Waals surface area (Å²) in [4.78, 5) is 0. The van der Waals surface area contributed by atoms with Gasteiger partial charge in [0, 0.05) is 22.0 Å². The molecule has 0 aliphatic rings. The quantitative estimate of drug-likeness (QED) is 0.815. The van der Waals surface area contributed by atoms with Crippen LogP contribution in [0.1, 0.15) is 17.2 Å². The first-order valence-corrected chi connectivity index (χ1v) is 7.62. The zero-order chi connectivity index (χ0) is 13.7. The van der Waals surface area contributed by atoms with Crippen molar-refractivity contribution in [1.29, 1.82) is 0 Å². The predicted octanol–water partition coefficient (Wildman–Crippen LogP) is 4.03. The molecule has 2 aromatic rings. The molecule has 0 spiro atoms. The van der Waals surface area contributed by atoms with Crippen molar-refractivity contribution in [2.75, 3.05) is 6.54 Å². The molecule has 0 aromatic heterocycles. The van der Waals surface area contributed by atoms with Crippen LogP contribution < -0.4 is 5.32 Å². The average Bonchev–Trinajstić information content (AvgIpc) is 2.41. The molecule has 0 saturated carbocycles. The second kappa shape index (κ2) is 7.20. The Kier molecular flexibility index (Phi) is 5.58. The maximum atomic E-state index is 10.1. The molecule has 0 bridgehead atoms. The molecule has 0 aliphatic carbocycles. The van der Waals surface area contributed by atoms with E-state index >= 15 is 0 Å². The molecule has 2 nitrogen and oxygen atoms in total. The molecule has 1 unspecified atom stereocenters. The van der Waals surface area contributed by atoms with Crippen molar-refractivity contribution in [3.8, 4) is 0 Å². The minimum Gasteiger partial charge on any atom is -0.387 e. The number of benzene rings is 2. The van der Waals surface area contributed by atoms with Crippen LogP contribution in [-0.4, -0.2) is 11.7 Å². The summed E-state index contributed by atoms with van der Waals surface area (Å²) in [6, 6.07) is 15.9. The molecule has 2 N–H and O–H groups in total. The Labute approximate surface area is 130 Å². The maximum Gasteiger partial charge on any atom is 0.0914 e. The van der Waals surface area contributed by atoms with Gasteiger partial charge >= 0.3 is 0 Å². The summed E-state index contributed by atoms with van der Waals surface area (Å²) in [5.74, 6) is 0. The van der Waals surface area contributed by atoms with Crippen molar-refractivity contribution < 1.29 is 5.11 Å². The molecular formula is C15H15Br2NO. The third kappa shape index (κ3) is 4.73. The summed E-state index contributed by atoms with van der Waals surface area (Å²) in [6.45, 7) is 1.28. The lowest BCUT2D eigenvalue weighted by Crippen LogP contribution is -2.21. The van der Waals surface area contributed by atoms with Crippen molar-refractivity contribution in [2.45, 2.75) is 12.6 Å². The largest absolute Gasteiger partial charge is 0.387 e. The molecule has 2 rings (SSSR count). The number of nitrogens with one attached hydrogen (secondary N) is 1. The summed E-state index contributed by atoms with van der Waals surface area (Å²) in [7, 11) is 0. The van der Waals surface area contributed by atoms with E-state index in [1.807, 2.05) is 36.4 Å². The fraction of sp³-hybridized carbons (Fsp3) is 0.200. The van der Waals surface area contributed by atoms with Crippen molar-refractivity contribution in [1.82, 2.24) is 5.32 Å². The van der Waals surface area contributed by atoms with E-state index in [-0.39, 0.29) is 0 Å². The summed E-state index contributed by atoms with van der Waals surface area (Å²) >= 11 is 6.82. The third-order valence-corrected chi connectivity index (χ3v) is 3.84. The molecule has 19 heavy (non-hydrogen) atoms. The monoisotopic (exact) mass is 383 g/mol. The molecule has 2 aromatic carbocycles. The second-order valence-electron chi connectivity index (χ2n) is 4.33. The summed E-state index contributed by atoms with van der Waals surface area (Å²) in [5.41, 5.74) is 2.11.